The zero-order chi connectivity index (χ0) is 12.6. The van der Waals surface area contributed by atoms with E-state index < -0.39 is 0 Å². The summed E-state index contributed by atoms with van der Waals surface area (Å²) >= 11 is 2.24. The number of carbonyl (C=O) groups excluding carboxylic acids is 3. The molecule has 0 fully saturated rings. The molecular weight excluding hydrogens is 246 g/mol. The first kappa shape index (κ1) is 15.5. The van der Waals surface area contributed by atoms with Crippen LogP contribution >= 0.6 is 23.5 Å². The Hall–Kier alpha value is -0.490. The Kier molecular flexibility index (Phi) is 8.37. The van der Waals surface area contributed by atoms with E-state index in [0.29, 0.717) is 18.1 Å². The average molecular weight is 263 g/mol. The smallest absolute Gasteiger partial charge is 0.224 e. The summed E-state index contributed by atoms with van der Waals surface area (Å²) in [6, 6.07) is 0. The molecule has 1 N–H and O–H groups in total. The number of nitrogens with one attached hydrogen (secondary N) is 1. The number of hydrogen-bond acceptors (Lipinski definition) is 5. The Morgan fingerprint density at radius 1 is 1.06 bits per heavy atom. The highest BCUT2D eigenvalue weighted by atomic mass is 32.2. The molecule has 0 saturated carbocycles. The predicted molar refractivity (Wildman–Crippen MR) is 68.5 cm³/mol. The molecule has 0 atom stereocenters. The minimum absolute atomic E-state index is 0.0119. The molecule has 92 valence electrons. The summed E-state index contributed by atoms with van der Waals surface area (Å²) in [6.07, 6.45) is 0. The Bertz CT molecular complexity index is 251. The van der Waals surface area contributed by atoms with Crippen molar-refractivity contribution in [2.24, 2.45) is 5.92 Å². The summed E-state index contributed by atoms with van der Waals surface area (Å²) in [4.78, 5) is 33.3. The van der Waals surface area contributed by atoms with Crippen LogP contribution in [0.5, 0.6) is 0 Å². The van der Waals surface area contributed by atoms with Crippen molar-refractivity contribution in [3.8, 4) is 0 Å². The minimum Gasteiger partial charge on any atom is -0.356 e. The zero-order valence-electron chi connectivity index (χ0n) is 9.74. The van der Waals surface area contributed by atoms with E-state index in [0.717, 1.165) is 23.5 Å². The lowest BCUT2D eigenvalue weighted by Crippen LogP contribution is -2.33. The highest BCUT2D eigenvalue weighted by Gasteiger charge is 2.19. The van der Waals surface area contributed by atoms with Crippen LogP contribution in [0, 0.1) is 5.92 Å². The number of rotatable bonds is 6. The molecule has 0 aliphatic rings. The van der Waals surface area contributed by atoms with Crippen molar-refractivity contribution in [1.29, 1.82) is 0 Å². The molecule has 6 heteroatoms. The predicted octanol–water partition coefficient (Wildman–Crippen LogP) is 1.30. The first-order valence-electron chi connectivity index (χ1n) is 5.01. The second kappa shape index (κ2) is 8.64. The molecule has 0 heterocycles. The number of hydrogen-bond donors (Lipinski definition) is 1. The Morgan fingerprint density at radius 2 is 1.50 bits per heavy atom. The maximum absolute atomic E-state index is 11.6. The number of carbonyl (C=O) groups is 3. The van der Waals surface area contributed by atoms with Gasteiger partial charge in [-0.1, -0.05) is 23.5 Å². The van der Waals surface area contributed by atoms with Gasteiger partial charge in [-0.25, -0.2) is 0 Å². The van der Waals surface area contributed by atoms with E-state index in [1.807, 2.05) is 6.92 Å². The molecule has 4 nitrogen and oxygen atoms in total. The lowest BCUT2D eigenvalue weighted by Gasteiger charge is -2.13. The summed E-state index contributed by atoms with van der Waals surface area (Å²) in [5.74, 6) is 0.482. The van der Waals surface area contributed by atoms with Gasteiger partial charge in [0.05, 0.1) is 5.92 Å². The Morgan fingerprint density at radius 3 is 1.81 bits per heavy atom. The zero-order valence-corrected chi connectivity index (χ0v) is 11.4. The normalized spacial score (nSPS) is 10.2. The van der Waals surface area contributed by atoms with E-state index >= 15 is 0 Å². The molecule has 0 aliphatic carbocycles. The van der Waals surface area contributed by atoms with Crippen LogP contribution in [0.3, 0.4) is 0 Å². The molecular formula is C10H17NO3S2. The summed E-state index contributed by atoms with van der Waals surface area (Å²) in [6.45, 7) is 5.34. The highest BCUT2D eigenvalue weighted by Crippen LogP contribution is 2.16. The van der Waals surface area contributed by atoms with Crippen LogP contribution in [0.4, 0.5) is 0 Å². The fourth-order valence-corrected chi connectivity index (χ4v) is 2.51. The van der Waals surface area contributed by atoms with Gasteiger partial charge in [-0.15, -0.1) is 0 Å². The number of amides is 1. The number of thioether (sulfide) groups is 2. The Labute approximate surface area is 104 Å². The van der Waals surface area contributed by atoms with Crippen LogP contribution in [-0.2, 0) is 14.4 Å². The van der Waals surface area contributed by atoms with Crippen LogP contribution in [-0.4, -0.2) is 34.2 Å². The van der Waals surface area contributed by atoms with Gasteiger partial charge in [-0.3, -0.25) is 14.4 Å². The lowest BCUT2D eigenvalue weighted by molar-refractivity contribution is -0.123. The SMILES string of the molecule is CCNC(=O)C(CSC(C)=O)CSC(C)=O. The molecule has 16 heavy (non-hydrogen) atoms. The van der Waals surface area contributed by atoms with Crippen molar-refractivity contribution < 1.29 is 14.4 Å². The third-order valence-electron chi connectivity index (χ3n) is 1.70. The molecule has 0 unspecified atom stereocenters. The van der Waals surface area contributed by atoms with Crippen molar-refractivity contribution in [3.63, 3.8) is 0 Å². The standard InChI is InChI=1S/C10H17NO3S2/c1-4-11-10(14)9(5-15-7(2)12)6-16-8(3)13/h9H,4-6H2,1-3H3,(H,11,14). The molecule has 0 aromatic heterocycles. The van der Waals surface area contributed by atoms with Crippen molar-refractivity contribution >= 4 is 39.7 Å². The topological polar surface area (TPSA) is 63.2 Å². The molecule has 0 rings (SSSR count). The maximum atomic E-state index is 11.6. The fourth-order valence-electron chi connectivity index (χ4n) is 0.954. The maximum Gasteiger partial charge on any atom is 0.224 e. The average Bonchev–Trinajstić information content (AvgIpc) is 2.17. The van der Waals surface area contributed by atoms with E-state index in [2.05, 4.69) is 5.32 Å². The van der Waals surface area contributed by atoms with Gasteiger partial charge < -0.3 is 5.32 Å². The van der Waals surface area contributed by atoms with Gasteiger partial charge >= 0.3 is 0 Å². The monoisotopic (exact) mass is 263 g/mol. The summed E-state index contributed by atoms with van der Waals surface area (Å²) in [5, 5.41) is 2.68. The van der Waals surface area contributed by atoms with Gasteiger partial charge in [0.2, 0.25) is 5.91 Å². The molecule has 0 bridgehead atoms. The molecule has 0 aromatic carbocycles. The lowest BCUT2D eigenvalue weighted by atomic mass is 10.2. The second-order valence-corrected chi connectivity index (χ2v) is 5.59. The van der Waals surface area contributed by atoms with Crippen LogP contribution in [0.2, 0.25) is 0 Å². The van der Waals surface area contributed by atoms with Crippen LogP contribution in [0.1, 0.15) is 20.8 Å². The largest absolute Gasteiger partial charge is 0.356 e. The third-order valence-corrected chi connectivity index (χ3v) is 3.65. The molecule has 1 amide bonds. The van der Waals surface area contributed by atoms with Gasteiger partial charge in [-0.05, 0) is 6.92 Å². The van der Waals surface area contributed by atoms with E-state index in [9.17, 15) is 14.4 Å². The summed E-state index contributed by atoms with van der Waals surface area (Å²) in [7, 11) is 0. The molecule has 0 saturated heterocycles. The van der Waals surface area contributed by atoms with Crippen LogP contribution < -0.4 is 5.32 Å². The van der Waals surface area contributed by atoms with Gasteiger partial charge in [0.1, 0.15) is 0 Å². The highest BCUT2D eigenvalue weighted by molar-refractivity contribution is 8.14. The van der Waals surface area contributed by atoms with E-state index in [-0.39, 0.29) is 22.1 Å². The van der Waals surface area contributed by atoms with Crippen molar-refractivity contribution in [2.75, 3.05) is 18.1 Å². The molecule has 0 aliphatic heterocycles. The quantitative estimate of drug-likeness (QED) is 0.782. The summed E-state index contributed by atoms with van der Waals surface area (Å²) < 4.78 is 0. The molecule has 0 radical (unpaired) electrons. The minimum atomic E-state index is -0.289. The van der Waals surface area contributed by atoms with E-state index in [1.165, 1.54) is 13.8 Å². The van der Waals surface area contributed by atoms with Crippen molar-refractivity contribution in [3.05, 3.63) is 0 Å². The summed E-state index contributed by atoms with van der Waals surface area (Å²) in [5.41, 5.74) is 0. The van der Waals surface area contributed by atoms with Gasteiger partial charge in [0.25, 0.3) is 0 Å². The van der Waals surface area contributed by atoms with Gasteiger partial charge in [0.15, 0.2) is 10.2 Å². The van der Waals surface area contributed by atoms with E-state index in [4.69, 9.17) is 0 Å². The van der Waals surface area contributed by atoms with E-state index in [1.54, 1.807) is 0 Å². The van der Waals surface area contributed by atoms with Gasteiger partial charge in [-0.2, -0.15) is 0 Å². The van der Waals surface area contributed by atoms with Crippen LogP contribution in [0.15, 0.2) is 0 Å². The molecule has 0 aromatic rings. The van der Waals surface area contributed by atoms with Gasteiger partial charge in [0, 0.05) is 31.9 Å². The Balaban J connectivity index is 4.19. The van der Waals surface area contributed by atoms with Crippen molar-refractivity contribution in [1.82, 2.24) is 5.32 Å². The van der Waals surface area contributed by atoms with Crippen LogP contribution in [0.25, 0.3) is 0 Å². The fraction of sp³-hybridized carbons (Fsp3) is 0.700. The first-order valence-corrected chi connectivity index (χ1v) is 6.99. The molecule has 0 spiro atoms. The first-order chi connectivity index (χ1) is 7.47. The third kappa shape index (κ3) is 7.76. The second-order valence-electron chi connectivity index (χ2n) is 3.20. The van der Waals surface area contributed by atoms with Crippen molar-refractivity contribution in [2.45, 2.75) is 20.8 Å².